The molecule has 0 aliphatic carbocycles. The smallest absolute Gasteiger partial charge is 0.273 e. The monoisotopic (exact) mass is 407 g/mol. The second-order valence-electron chi connectivity index (χ2n) is 8.04. The molecule has 1 aromatic heterocycles. The summed E-state index contributed by atoms with van der Waals surface area (Å²) in [7, 11) is 0. The fourth-order valence-corrected chi connectivity index (χ4v) is 3.64. The van der Waals surface area contributed by atoms with Crippen LogP contribution in [0.2, 0.25) is 0 Å². The molecule has 0 fully saturated rings. The average Bonchev–Trinajstić information content (AvgIpc) is 3.09. The minimum atomic E-state index is -0.473. The average molecular weight is 407 g/mol. The van der Waals surface area contributed by atoms with Gasteiger partial charge in [-0.2, -0.15) is 0 Å². The van der Waals surface area contributed by atoms with Gasteiger partial charge in [0.2, 0.25) is 0 Å². The number of carbonyl (C=O) groups is 1. The molecule has 0 aliphatic rings. The molecular weight excluding hydrogens is 382 g/mol. The van der Waals surface area contributed by atoms with Gasteiger partial charge in [0.1, 0.15) is 0 Å². The summed E-state index contributed by atoms with van der Waals surface area (Å²) >= 11 is 0. The van der Waals surface area contributed by atoms with Crippen LogP contribution in [-0.2, 0) is 5.41 Å². The molecule has 1 atom stereocenters. The number of nitrogens with zero attached hydrogens (tertiary/aromatic N) is 4. The Kier molecular flexibility index (Phi) is 5.96. The first-order chi connectivity index (χ1) is 14.2. The molecular formula is C22H25N5O3. The van der Waals surface area contributed by atoms with Crippen molar-refractivity contribution in [1.82, 2.24) is 20.3 Å². The van der Waals surface area contributed by atoms with Crippen molar-refractivity contribution in [1.29, 1.82) is 0 Å². The molecule has 30 heavy (non-hydrogen) atoms. The number of aromatic nitrogens is 3. The minimum Gasteiger partial charge on any atom is -0.348 e. The molecule has 0 bridgehead atoms. The van der Waals surface area contributed by atoms with E-state index in [-0.39, 0.29) is 28.7 Å². The maximum atomic E-state index is 12.8. The summed E-state index contributed by atoms with van der Waals surface area (Å²) in [6.45, 7) is 7.97. The molecule has 8 nitrogen and oxygen atoms in total. The van der Waals surface area contributed by atoms with Gasteiger partial charge in [-0.05, 0) is 37.3 Å². The van der Waals surface area contributed by atoms with Crippen LogP contribution in [0.5, 0.6) is 0 Å². The fourth-order valence-electron chi connectivity index (χ4n) is 3.64. The minimum absolute atomic E-state index is 0.0508. The number of carbonyl (C=O) groups excluding carboxylic acids is 1. The standard InChI is InChI=1S/C22H25N5O3/c1-15(14-22(3,4)17-9-6-5-7-10-17)23-21(28)20-16(2)26(25-24-20)18-11-8-12-19(13-18)27(29)30/h5-13,15H,14H2,1-4H3,(H,23,28). The zero-order valence-electron chi connectivity index (χ0n) is 17.5. The molecule has 0 radical (unpaired) electrons. The SMILES string of the molecule is Cc1c(C(=O)NC(C)CC(C)(C)c2ccccc2)nnn1-c1cccc([N+](=O)[O-])c1. The number of nitro benzene ring substituents is 1. The first-order valence-corrected chi connectivity index (χ1v) is 9.72. The Bertz CT molecular complexity index is 1060. The van der Waals surface area contributed by atoms with Gasteiger partial charge in [0.05, 0.1) is 16.3 Å². The van der Waals surface area contributed by atoms with Crippen molar-refractivity contribution in [3.05, 3.63) is 81.7 Å². The van der Waals surface area contributed by atoms with E-state index in [1.54, 1.807) is 19.1 Å². The third-order valence-corrected chi connectivity index (χ3v) is 5.14. The summed E-state index contributed by atoms with van der Waals surface area (Å²) in [6.07, 6.45) is 0.751. The lowest BCUT2D eigenvalue weighted by atomic mass is 9.79. The number of benzene rings is 2. The Balaban J connectivity index is 1.74. The first-order valence-electron chi connectivity index (χ1n) is 9.72. The summed E-state index contributed by atoms with van der Waals surface area (Å²) < 4.78 is 1.43. The molecule has 0 aliphatic heterocycles. The van der Waals surface area contributed by atoms with Crippen molar-refractivity contribution in [3.63, 3.8) is 0 Å². The molecule has 3 rings (SSSR count). The van der Waals surface area contributed by atoms with E-state index in [0.29, 0.717) is 11.4 Å². The lowest BCUT2D eigenvalue weighted by molar-refractivity contribution is -0.384. The van der Waals surface area contributed by atoms with Crippen LogP contribution >= 0.6 is 0 Å². The maximum absolute atomic E-state index is 12.8. The fraction of sp³-hybridized carbons (Fsp3) is 0.318. The van der Waals surface area contributed by atoms with Crippen LogP contribution in [0.4, 0.5) is 5.69 Å². The van der Waals surface area contributed by atoms with Gasteiger partial charge in [-0.3, -0.25) is 14.9 Å². The normalized spacial score (nSPS) is 12.4. The Morgan fingerprint density at radius 2 is 1.90 bits per heavy atom. The molecule has 0 saturated carbocycles. The first kappa shape index (κ1) is 21.2. The molecule has 0 spiro atoms. The third kappa shape index (κ3) is 4.53. The summed E-state index contributed by atoms with van der Waals surface area (Å²) in [5.74, 6) is -0.319. The van der Waals surface area contributed by atoms with Crippen molar-refractivity contribution >= 4 is 11.6 Å². The number of hydrogen-bond acceptors (Lipinski definition) is 5. The van der Waals surface area contributed by atoms with Crippen molar-refractivity contribution in [2.24, 2.45) is 0 Å². The number of nitrogens with one attached hydrogen (secondary N) is 1. The third-order valence-electron chi connectivity index (χ3n) is 5.14. The van der Waals surface area contributed by atoms with Crippen LogP contribution in [0.15, 0.2) is 54.6 Å². The van der Waals surface area contributed by atoms with E-state index in [1.165, 1.54) is 22.4 Å². The molecule has 1 amide bonds. The van der Waals surface area contributed by atoms with E-state index >= 15 is 0 Å². The predicted octanol–water partition coefficient (Wildman–Crippen LogP) is 3.97. The number of hydrogen-bond donors (Lipinski definition) is 1. The quantitative estimate of drug-likeness (QED) is 0.471. The van der Waals surface area contributed by atoms with Gasteiger partial charge in [-0.1, -0.05) is 55.5 Å². The molecule has 1 unspecified atom stereocenters. The number of non-ortho nitro benzene ring substituents is 1. The summed E-state index contributed by atoms with van der Waals surface area (Å²) in [6, 6.07) is 16.1. The van der Waals surface area contributed by atoms with E-state index in [4.69, 9.17) is 0 Å². The number of amides is 1. The largest absolute Gasteiger partial charge is 0.348 e. The zero-order chi connectivity index (χ0) is 21.9. The van der Waals surface area contributed by atoms with Crippen LogP contribution in [0.3, 0.4) is 0 Å². The van der Waals surface area contributed by atoms with Crippen molar-refractivity contribution in [2.45, 2.75) is 45.6 Å². The lowest BCUT2D eigenvalue weighted by Crippen LogP contribution is -2.37. The second kappa shape index (κ2) is 8.44. The Labute approximate surface area is 175 Å². The molecule has 2 aromatic carbocycles. The van der Waals surface area contributed by atoms with E-state index in [9.17, 15) is 14.9 Å². The van der Waals surface area contributed by atoms with E-state index in [1.807, 2.05) is 25.1 Å². The van der Waals surface area contributed by atoms with Crippen LogP contribution in [-0.4, -0.2) is 31.9 Å². The summed E-state index contributed by atoms with van der Waals surface area (Å²) in [4.78, 5) is 23.3. The highest BCUT2D eigenvalue weighted by Crippen LogP contribution is 2.28. The summed E-state index contributed by atoms with van der Waals surface area (Å²) in [5.41, 5.74) is 2.24. The topological polar surface area (TPSA) is 103 Å². The Hall–Kier alpha value is -3.55. The highest BCUT2D eigenvalue weighted by molar-refractivity contribution is 5.93. The molecule has 0 saturated heterocycles. The number of nitro groups is 1. The van der Waals surface area contributed by atoms with Gasteiger partial charge in [0.25, 0.3) is 11.6 Å². The number of rotatable bonds is 7. The van der Waals surface area contributed by atoms with Gasteiger partial charge in [-0.25, -0.2) is 4.68 Å². The van der Waals surface area contributed by atoms with E-state index in [2.05, 4.69) is 41.6 Å². The predicted molar refractivity (Wildman–Crippen MR) is 114 cm³/mol. The van der Waals surface area contributed by atoms with Gasteiger partial charge >= 0.3 is 0 Å². The maximum Gasteiger partial charge on any atom is 0.273 e. The molecule has 8 heteroatoms. The van der Waals surface area contributed by atoms with Crippen molar-refractivity contribution < 1.29 is 9.72 Å². The highest BCUT2D eigenvalue weighted by Gasteiger charge is 2.26. The highest BCUT2D eigenvalue weighted by atomic mass is 16.6. The molecule has 156 valence electrons. The van der Waals surface area contributed by atoms with Crippen LogP contribution in [0.1, 0.15) is 48.9 Å². The lowest BCUT2D eigenvalue weighted by Gasteiger charge is -2.29. The van der Waals surface area contributed by atoms with Crippen LogP contribution in [0, 0.1) is 17.0 Å². The van der Waals surface area contributed by atoms with Crippen molar-refractivity contribution in [3.8, 4) is 5.69 Å². The van der Waals surface area contributed by atoms with E-state index < -0.39 is 4.92 Å². The zero-order valence-corrected chi connectivity index (χ0v) is 17.5. The molecule has 1 N–H and O–H groups in total. The van der Waals surface area contributed by atoms with E-state index in [0.717, 1.165) is 6.42 Å². The second-order valence-corrected chi connectivity index (χ2v) is 8.04. The van der Waals surface area contributed by atoms with Crippen molar-refractivity contribution in [2.75, 3.05) is 0 Å². The molecule has 1 heterocycles. The summed E-state index contributed by atoms with van der Waals surface area (Å²) in [5, 5.41) is 22.0. The Morgan fingerprint density at radius 3 is 2.57 bits per heavy atom. The van der Waals surface area contributed by atoms with Crippen LogP contribution < -0.4 is 5.32 Å². The van der Waals surface area contributed by atoms with Gasteiger partial charge in [-0.15, -0.1) is 5.10 Å². The van der Waals surface area contributed by atoms with Gasteiger partial charge in [0.15, 0.2) is 5.69 Å². The Morgan fingerprint density at radius 1 is 1.20 bits per heavy atom. The van der Waals surface area contributed by atoms with Gasteiger partial charge in [0, 0.05) is 18.2 Å². The van der Waals surface area contributed by atoms with Crippen LogP contribution in [0.25, 0.3) is 5.69 Å². The molecule has 3 aromatic rings. The van der Waals surface area contributed by atoms with Gasteiger partial charge < -0.3 is 5.32 Å².